The molecule has 0 radical (unpaired) electrons. The summed E-state index contributed by atoms with van der Waals surface area (Å²) >= 11 is 0. The summed E-state index contributed by atoms with van der Waals surface area (Å²) in [5, 5.41) is 11.8. The van der Waals surface area contributed by atoms with Gasteiger partial charge < -0.3 is 10.00 Å². The zero-order chi connectivity index (χ0) is 20.7. The molecule has 3 rings (SSSR count). The monoisotopic (exact) mass is 412 g/mol. The molecule has 0 aliphatic heterocycles. The largest absolute Gasteiger partial charge is 0.479 e. The first-order chi connectivity index (χ1) is 13.9. The molecule has 0 aliphatic rings. The zero-order valence-electron chi connectivity index (χ0n) is 16.1. The van der Waals surface area contributed by atoms with Crippen molar-refractivity contribution in [2.45, 2.75) is 37.9 Å². The lowest BCUT2D eigenvalue weighted by Gasteiger charge is -2.18. The topological polar surface area (TPSA) is 83.8 Å². The summed E-state index contributed by atoms with van der Waals surface area (Å²) in [6, 6.07) is 23.1. The fourth-order valence-electron chi connectivity index (χ4n) is 3.43. The second kappa shape index (κ2) is 9.84. The van der Waals surface area contributed by atoms with Crippen LogP contribution in [0.3, 0.4) is 0 Å². The van der Waals surface area contributed by atoms with E-state index in [4.69, 9.17) is 4.52 Å². The van der Waals surface area contributed by atoms with Gasteiger partial charge in [0.25, 0.3) is 0 Å². The standard InChI is InChI=1S/C23H25O5P/c24-23(25)22(28-29(26,27)17-18-9-2-1-3-10-18)16-7-5-12-20-14-8-13-19-11-4-6-15-21(19)20/h1-4,6,8-11,13-15,22H,5,7,12,16-17H2,(H,24,25)(H,26,27). The minimum absolute atomic E-state index is 0.194. The normalized spacial score (nSPS) is 14.4. The number of benzene rings is 3. The van der Waals surface area contributed by atoms with Gasteiger partial charge in [-0.2, -0.15) is 0 Å². The van der Waals surface area contributed by atoms with Crippen molar-refractivity contribution in [3.63, 3.8) is 0 Å². The van der Waals surface area contributed by atoms with Gasteiger partial charge in [-0.25, -0.2) is 4.79 Å². The molecular formula is C23H25O5P. The molecule has 2 atom stereocenters. The first-order valence-electron chi connectivity index (χ1n) is 9.68. The van der Waals surface area contributed by atoms with Gasteiger partial charge in [-0.1, -0.05) is 72.8 Å². The molecule has 0 bridgehead atoms. The lowest BCUT2D eigenvalue weighted by Crippen LogP contribution is -2.23. The van der Waals surface area contributed by atoms with Crippen LogP contribution in [-0.2, 0) is 26.5 Å². The third-order valence-corrected chi connectivity index (χ3v) is 6.18. The molecule has 0 fully saturated rings. The molecule has 3 aromatic carbocycles. The van der Waals surface area contributed by atoms with Gasteiger partial charge in [0.1, 0.15) is 0 Å². The van der Waals surface area contributed by atoms with Crippen LogP contribution in [0.25, 0.3) is 10.8 Å². The maximum Gasteiger partial charge on any atom is 0.333 e. The fourth-order valence-corrected chi connectivity index (χ4v) is 4.77. The number of carboxylic acid groups (broad SMARTS) is 1. The molecule has 0 saturated carbocycles. The van der Waals surface area contributed by atoms with Crippen LogP contribution in [0.4, 0.5) is 0 Å². The zero-order valence-corrected chi connectivity index (χ0v) is 17.0. The van der Waals surface area contributed by atoms with Crippen molar-refractivity contribution in [1.29, 1.82) is 0 Å². The molecule has 2 unspecified atom stereocenters. The number of carbonyl (C=O) groups is 1. The number of hydrogen-bond donors (Lipinski definition) is 2. The van der Waals surface area contributed by atoms with Gasteiger partial charge in [0, 0.05) is 0 Å². The van der Waals surface area contributed by atoms with Crippen LogP contribution >= 0.6 is 7.60 Å². The second-order valence-electron chi connectivity index (χ2n) is 7.10. The summed E-state index contributed by atoms with van der Waals surface area (Å²) in [5.41, 5.74) is 1.85. The third-order valence-electron chi connectivity index (χ3n) is 4.83. The van der Waals surface area contributed by atoms with Crippen molar-refractivity contribution in [1.82, 2.24) is 0 Å². The van der Waals surface area contributed by atoms with Crippen LogP contribution in [-0.4, -0.2) is 22.1 Å². The van der Waals surface area contributed by atoms with Crippen LogP contribution in [0.2, 0.25) is 0 Å². The molecule has 2 N–H and O–H groups in total. The lowest BCUT2D eigenvalue weighted by molar-refractivity contribution is -0.145. The molecule has 5 nitrogen and oxygen atoms in total. The van der Waals surface area contributed by atoms with Gasteiger partial charge in [0.05, 0.1) is 6.16 Å². The van der Waals surface area contributed by atoms with E-state index in [0.29, 0.717) is 12.0 Å². The Hall–Kier alpha value is -2.46. The molecule has 0 spiro atoms. The number of rotatable bonds is 10. The molecule has 0 heterocycles. The third kappa shape index (κ3) is 6.26. The SMILES string of the molecule is O=C(O)C(CCCCc1cccc2ccccc12)OP(=O)(O)Cc1ccccc1. The summed E-state index contributed by atoms with van der Waals surface area (Å²) in [6.45, 7) is 0. The van der Waals surface area contributed by atoms with Gasteiger partial charge in [-0.3, -0.25) is 9.09 Å². The van der Waals surface area contributed by atoms with Crippen molar-refractivity contribution in [3.8, 4) is 0 Å². The number of aryl methyl sites for hydroxylation is 1. The average Bonchev–Trinajstić information content (AvgIpc) is 2.70. The number of unbranched alkanes of at least 4 members (excludes halogenated alkanes) is 1. The molecule has 0 aromatic heterocycles. The highest BCUT2D eigenvalue weighted by atomic mass is 31.2. The van der Waals surface area contributed by atoms with Gasteiger partial charge >= 0.3 is 13.6 Å². The Kier molecular flexibility index (Phi) is 7.21. The maximum atomic E-state index is 12.4. The summed E-state index contributed by atoms with van der Waals surface area (Å²) in [4.78, 5) is 21.6. The summed E-state index contributed by atoms with van der Waals surface area (Å²) < 4.78 is 17.5. The van der Waals surface area contributed by atoms with E-state index < -0.39 is 19.7 Å². The van der Waals surface area contributed by atoms with Gasteiger partial charge in [0.15, 0.2) is 6.10 Å². The molecule has 29 heavy (non-hydrogen) atoms. The van der Waals surface area contributed by atoms with Gasteiger partial charge in [-0.05, 0) is 47.6 Å². The number of carboxylic acids is 1. The molecule has 3 aromatic rings. The smallest absolute Gasteiger partial charge is 0.333 e. The highest BCUT2D eigenvalue weighted by Crippen LogP contribution is 2.47. The number of fused-ring (bicyclic) bond motifs is 1. The van der Waals surface area contributed by atoms with E-state index in [9.17, 15) is 19.4 Å². The van der Waals surface area contributed by atoms with E-state index >= 15 is 0 Å². The predicted octanol–water partition coefficient (Wildman–Crippen LogP) is 5.41. The minimum Gasteiger partial charge on any atom is -0.479 e. The lowest BCUT2D eigenvalue weighted by atomic mass is 9.99. The Bertz CT molecular complexity index is 997. The van der Waals surface area contributed by atoms with E-state index in [0.717, 1.165) is 12.8 Å². The molecule has 0 amide bonds. The summed E-state index contributed by atoms with van der Waals surface area (Å²) in [6.07, 6.45) is 0.880. The van der Waals surface area contributed by atoms with Crippen molar-refractivity contribution in [3.05, 3.63) is 83.9 Å². The van der Waals surface area contributed by atoms with Crippen molar-refractivity contribution in [2.75, 3.05) is 0 Å². The highest BCUT2D eigenvalue weighted by Gasteiger charge is 2.29. The first kappa shape index (κ1) is 21.3. The Labute approximate surface area is 170 Å². The summed E-state index contributed by atoms with van der Waals surface area (Å²) in [5.74, 6) is -1.21. The van der Waals surface area contributed by atoms with Crippen molar-refractivity contribution < 1.29 is 23.9 Å². The van der Waals surface area contributed by atoms with E-state index in [2.05, 4.69) is 24.3 Å². The van der Waals surface area contributed by atoms with Gasteiger partial charge in [-0.15, -0.1) is 0 Å². The van der Waals surface area contributed by atoms with Crippen LogP contribution in [0.15, 0.2) is 72.8 Å². The van der Waals surface area contributed by atoms with Crippen LogP contribution in [0, 0.1) is 0 Å². The highest BCUT2D eigenvalue weighted by molar-refractivity contribution is 7.52. The second-order valence-corrected chi connectivity index (χ2v) is 8.90. The van der Waals surface area contributed by atoms with Crippen molar-refractivity contribution >= 4 is 24.3 Å². The fraction of sp³-hybridized carbons (Fsp3) is 0.261. The first-order valence-corrected chi connectivity index (χ1v) is 11.4. The molecule has 0 aliphatic carbocycles. The predicted molar refractivity (Wildman–Crippen MR) is 114 cm³/mol. The molecule has 0 saturated heterocycles. The Morgan fingerprint density at radius 1 is 0.931 bits per heavy atom. The van der Waals surface area contributed by atoms with E-state index in [1.807, 2.05) is 24.3 Å². The van der Waals surface area contributed by atoms with Crippen LogP contribution in [0.1, 0.15) is 30.4 Å². The quantitative estimate of drug-likeness (QED) is 0.344. The van der Waals surface area contributed by atoms with E-state index in [1.165, 1.54) is 16.3 Å². The van der Waals surface area contributed by atoms with Crippen molar-refractivity contribution in [2.24, 2.45) is 0 Å². The maximum absolute atomic E-state index is 12.4. The molecule has 6 heteroatoms. The van der Waals surface area contributed by atoms with E-state index in [1.54, 1.807) is 24.3 Å². The number of aliphatic carboxylic acids is 1. The van der Waals surface area contributed by atoms with Gasteiger partial charge in [0.2, 0.25) is 0 Å². The molecule has 152 valence electrons. The Morgan fingerprint density at radius 3 is 2.38 bits per heavy atom. The Balaban J connectivity index is 1.54. The molecular weight excluding hydrogens is 387 g/mol. The number of hydrogen-bond acceptors (Lipinski definition) is 3. The minimum atomic E-state index is -4.04. The van der Waals surface area contributed by atoms with Crippen LogP contribution in [0.5, 0.6) is 0 Å². The Morgan fingerprint density at radius 2 is 1.62 bits per heavy atom. The van der Waals surface area contributed by atoms with Crippen LogP contribution < -0.4 is 0 Å². The van der Waals surface area contributed by atoms with E-state index in [-0.39, 0.29) is 12.6 Å². The summed E-state index contributed by atoms with van der Waals surface area (Å²) in [7, 11) is -4.04. The average molecular weight is 412 g/mol.